The summed E-state index contributed by atoms with van der Waals surface area (Å²) in [6, 6.07) is 5.72. The molecule has 0 aromatic heterocycles. The van der Waals surface area contributed by atoms with Crippen molar-refractivity contribution >= 4 is 11.9 Å². The monoisotopic (exact) mass is 292 g/mol. The number of esters is 1. The van der Waals surface area contributed by atoms with Crippen LogP contribution in [0, 0.1) is 11.8 Å². The zero-order valence-corrected chi connectivity index (χ0v) is 11.8. The molecular formula is C16H20O5. The van der Waals surface area contributed by atoms with E-state index in [1.54, 1.807) is 0 Å². The van der Waals surface area contributed by atoms with Gasteiger partial charge in [-0.25, -0.2) is 9.59 Å². The fraction of sp³-hybridized carbons (Fsp3) is 0.500. The lowest BCUT2D eigenvalue weighted by Gasteiger charge is -2.26. The molecule has 0 radical (unpaired) electrons. The van der Waals surface area contributed by atoms with Crippen LogP contribution in [0.1, 0.15) is 46.4 Å². The molecule has 0 unspecified atom stereocenters. The van der Waals surface area contributed by atoms with Crippen molar-refractivity contribution < 1.29 is 24.5 Å². The van der Waals surface area contributed by atoms with Crippen molar-refractivity contribution in [2.24, 2.45) is 11.8 Å². The molecule has 1 aliphatic carbocycles. The molecule has 0 atom stereocenters. The van der Waals surface area contributed by atoms with Gasteiger partial charge in [0.25, 0.3) is 0 Å². The highest BCUT2D eigenvalue weighted by Gasteiger charge is 2.22. The Morgan fingerprint density at radius 3 is 2.05 bits per heavy atom. The second-order valence-corrected chi connectivity index (χ2v) is 5.55. The van der Waals surface area contributed by atoms with E-state index in [1.807, 2.05) is 0 Å². The van der Waals surface area contributed by atoms with Gasteiger partial charge in [-0.2, -0.15) is 0 Å². The van der Waals surface area contributed by atoms with E-state index in [0.29, 0.717) is 24.0 Å². The van der Waals surface area contributed by atoms with E-state index in [9.17, 15) is 9.59 Å². The molecule has 1 fully saturated rings. The number of carbonyl (C=O) groups is 2. The molecular weight excluding hydrogens is 272 g/mol. The minimum absolute atomic E-state index is 0.147. The SMILES string of the molecule is O=C(O)c1ccc(C(=O)OCC2CCC(CO)CC2)cc1. The average molecular weight is 292 g/mol. The summed E-state index contributed by atoms with van der Waals surface area (Å²) in [6.07, 6.45) is 3.89. The van der Waals surface area contributed by atoms with E-state index in [1.165, 1.54) is 24.3 Å². The Kier molecular flexibility index (Phi) is 5.33. The lowest BCUT2D eigenvalue weighted by molar-refractivity contribution is 0.0379. The summed E-state index contributed by atoms with van der Waals surface area (Å²) in [6.45, 7) is 0.625. The van der Waals surface area contributed by atoms with Crippen molar-refractivity contribution in [3.05, 3.63) is 35.4 Å². The van der Waals surface area contributed by atoms with Crippen molar-refractivity contribution in [3.8, 4) is 0 Å². The van der Waals surface area contributed by atoms with E-state index in [-0.39, 0.29) is 12.2 Å². The molecule has 0 heterocycles. The smallest absolute Gasteiger partial charge is 0.338 e. The van der Waals surface area contributed by atoms with Crippen molar-refractivity contribution in [2.75, 3.05) is 13.2 Å². The minimum atomic E-state index is -1.02. The molecule has 5 nitrogen and oxygen atoms in total. The van der Waals surface area contributed by atoms with Gasteiger partial charge in [-0.3, -0.25) is 0 Å². The summed E-state index contributed by atoms with van der Waals surface area (Å²) in [7, 11) is 0. The van der Waals surface area contributed by atoms with Crippen LogP contribution >= 0.6 is 0 Å². The quantitative estimate of drug-likeness (QED) is 0.814. The topological polar surface area (TPSA) is 83.8 Å². The van der Waals surface area contributed by atoms with Crippen LogP contribution in [0.25, 0.3) is 0 Å². The van der Waals surface area contributed by atoms with E-state index in [2.05, 4.69) is 0 Å². The molecule has 0 aliphatic heterocycles. The van der Waals surface area contributed by atoms with E-state index < -0.39 is 11.9 Å². The predicted octanol–water partition coefficient (Wildman–Crippen LogP) is 2.34. The van der Waals surface area contributed by atoms with Crippen LogP contribution < -0.4 is 0 Å². The Morgan fingerprint density at radius 2 is 1.52 bits per heavy atom. The lowest BCUT2D eigenvalue weighted by atomic mass is 9.83. The Labute approximate surface area is 123 Å². The standard InChI is InChI=1S/C16H20O5/c17-9-11-1-3-12(4-2-11)10-21-16(20)14-7-5-13(6-8-14)15(18)19/h5-8,11-12,17H,1-4,9-10H2,(H,18,19). The fourth-order valence-corrected chi connectivity index (χ4v) is 2.61. The summed E-state index contributed by atoms with van der Waals surface area (Å²) < 4.78 is 5.29. The molecule has 0 bridgehead atoms. The summed E-state index contributed by atoms with van der Waals surface area (Å²) in [4.78, 5) is 22.6. The first kappa shape index (κ1) is 15.5. The third-order valence-electron chi connectivity index (χ3n) is 4.04. The number of hydrogen-bond donors (Lipinski definition) is 2. The number of benzene rings is 1. The molecule has 1 aliphatic rings. The van der Waals surface area contributed by atoms with Gasteiger partial charge in [0.2, 0.25) is 0 Å². The zero-order chi connectivity index (χ0) is 15.2. The molecule has 0 amide bonds. The van der Waals surface area contributed by atoms with Gasteiger partial charge in [-0.05, 0) is 61.8 Å². The second kappa shape index (κ2) is 7.22. The molecule has 21 heavy (non-hydrogen) atoms. The van der Waals surface area contributed by atoms with E-state index in [0.717, 1.165) is 25.7 Å². The highest BCUT2D eigenvalue weighted by molar-refractivity contribution is 5.92. The number of aliphatic hydroxyl groups is 1. The van der Waals surface area contributed by atoms with Crippen LogP contribution in [0.15, 0.2) is 24.3 Å². The maximum Gasteiger partial charge on any atom is 0.338 e. The van der Waals surface area contributed by atoms with E-state index in [4.69, 9.17) is 14.9 Å². The lowest BCUT2D eigenvalue weighted by Crippen LogP contribution is -2.22. The molecule has 0 saturated heterocycles. The number of aliphatic hydroxyl groups excluding tert-OH is 1. The van der Waals surface area contributed by atoms with Crippen molar-refractivity contribution in [1.29, 1.82) is 0 Å². The number of ether oxygens (including phenoxy) is 1. The summed E-state index contributed by atoms with van der Waals surface area (Å²) >= 11 is 0. The van der Waals surface area contributed by atoms with Crippen LogP contribution in [0.2, 0.25) is 0 Å². The number of carboxylic acid groups (broad SMARTS) is 1. The molecule has 0 spiro atoms. The highest BCUT2D eigenvalue weighted by atomic mass is 16.5. The van der Waals surface area contributed by atoms with Crippen molar-refractivity contribution in [1.82, 2.24) is 0 Å². The zero-order valence-electron chi connectivity index (χ0n) is 11.8. The van der Waals surface area contributed by atoms with Gasteiger partial charge >= 0.3 is 11.9 Å². The number of hydrogen-bond acceptors (Lipinski definition) is 4. The first-order valence-electron chi connectivity index (χ1n) is 7.21. The van der Waals surface area contributed by atoms with Crippen LogP contribution in [0.4, 0.5) is 0 Å². The summed E-state index contributed by atoms with van der Waals surface area (Å²) in [5.74, 6) is -0.692. The normalized spacial score (nSPS) is 21.8. The van der Waals surface area contributed by atoms with Gasteiger partial charge in [0.15, 0.2) is 0 Å². The molecule has 114 valence electrons. The summed E-state index contributed by atoms with van der Waals surface area (Å²) in [5.41, 5.74) is 0.512. The summed E-state index contributed by atoms with van der Waals surface area (Å²) in [5, 5.41) is 17.9. The molecule has 5 heteroatoms. The average Bonchev–Trinajstić information content (AvgIpc) is 2.53. The highest BCUT2D eigenvalue weighted by Crippen LogP contribution is 2.28. The molecule has 1 aromatic rings. The van der Waals surface area contributed by atoms with Gasteiger partial charge in [0, 0.05) is 6.61 Å². The van der Waals surface area contributed by atoms with Gasteiger partial charge in [0.05, 0.1) is 17.7 Å². The first-order chi connectivity index (χ1) is 10.1. The molecule has 2 N–H and O–H groups in total. The van der Waals surface area contributed by atoms with Crippen molar-refractivity contribution in [2.45, 2.75) is 25.7 Å². The molecule has 2 rings (SSSR count). The van der Waals surface area contributed by atoms with Gasteiger partial charge in [-0.1, -0.05) is 0 Å². The van der Waals surface area contributed by atoms with E-state index >= 15 is 0 Å². The minimum Gasteiger partial charge on any atom is -0.478 e. The van der Waals surface area contributed by atoms with Crippen LogP contribution in [-0.4, -0.2) is 35.4 Å². The number of carboxylic acids is 1. The molecule has 1 saturated carbocycles. The molecule has 1 aromatic carbocycles. The third kappa shape index (κ3) is 4.29. The van der Waals surface area contributed by atoms with Gasteiger partial charge < -0.3 is 14.9 Å². The van der Waals surface area contributed by atoms with Gasteiger partial charge in [0.1, 0.15) is 0 Å². The third-order valence-corrected chi connectivity index (χ3v) is 4.04. The predicted molar refractivity (Wildman–Crippen MR) is 76.2 cm³/mol. The fourth-order valence-electron chi connectivity index (χ4n) is 2.61. The Bertz CT molecular complexity index is 486. The van der Waals surface area contributed by atoms with Gasteiger partial charge in [-0.15, -0.1) is 0 Å². The van der Waals surface area contributed by atoms with Crippen LogP contribution in [0.3, 0.4) is 0 Å². The Morgan fingerprint density at radius 1 is 1.00 bits per heavy atom. The Hall–Kier alpha value is -1.88. The van der Waals surface area contributed by atoms with Crippen molar-refractivity contribution in [3.63, 3.8) is 0 Å². The van der Waals surface area contributed by atoms with Crippen LogP contribution in [0.5, 0.6) is 0 Å². The maximum absolute atomic E-state index is 11.9. The largest absolute Gasteiger partial charge is 0.478 e. The number of aromatic carboxylic acids is 1. The number of carbonyl (C=O) groups excluding carboxylic acids is 1. The maximum atomic E-state index is 11.9. The van der Waals surface area contributed by atoms with Crippen LogP contribution in [-0.2, 0) is 4.74 Å². The second-order valence-electron chi connectivity index (χ2n) is 5.55. The number of rotatable bonds is 5. The first-order valence-corrected chi connectivity index (χ1v) is 7.21. The Balaban J connectivity index is 1.80.